The molecule has 0 aliphatic heterocycles. The Morgan fingerprint density at radius 1 is 1.32 bits per heavy atom. The van der Waals surface area contributed by atoms with E-state index < -0.39 is 39.5 Å². The van der Waals surface area contributed by atoms with Crippen LogP contribution in [0.3, 0.4) is 0 Å². The number of nitro benzene ring substituents is 1. The maximum absolute atomic E-state index is 12.2. The fraction of sp³-hybridized carbons (Fsp3) is 0.455. The van der Waals surface area contributed by atoms with E-state index in [0.29, 0.717) is 4.31 Å². The first kappa shape index (κ1) is 18.3. The molecule has 0 aliphatic carbocycles. The minimum atomic E-state index is -4.92. The summed E-state index contributed by atoms with van der Waals surface area (Å²) in [6, 6.07) is 4.58. The van der Waals surface area contributed by atoms with E-state index in [0.717, 1.165) is 19.2 Å². The zero-order chi connectivity index (χ0) is 17.1. The van der Waals surface area contributed by atoms with Gasteiger partial charge in [0.2, 0.25) is 10.0 Å². The predicted octanol–water partition coefficient (Wildman–Crippen LogP) is 1.28. The van der Waals surface area contributed by atoms with Gasteiger partial charge in [0.15, 0.2) is 6.10 Å². The Kier molecular flexibility index (Phi) is 5.49. The summed E-state index contributed by atoms with van der Waals surface area (Å²) in [4.78, 5) is 9.80. The number of benzene rings is 1. The summed E-state index contributed by atoms with van der Waals surface area (Å²) in [6.45, 7) is -1.13. The lowest BCUT2D eigenvalue weighted by Crippen LogP contribution is -2.42. The van der Waals surface area contributed by atoms with Crippen LogP contribution in [-0.4, -0.2) is 48.6 Å². The number of hydrogen-bond donors (Lipinski definition) is 1. The Labute approximate surface area is 124 Å². The van der Waals surface area contributed by atoms with E-state index in [9.17, 15) is 31.7 Å². The number of aliphatic hydroxyl groups is 1. The average Bonchev–Trinajstić information content (AvgIpc) is 2.37. The molecule has 0 aromatic heterocycles. The van der Waals surface area contributed by atoms with Gasteiger partial charge in [-0.25, -0.2) is 12.7 Å². The molecule has 11 heteroatoms. The quantitative estimate of drug-likeness (QED) is 0.620. The summed E-state index contributed by atoms with van der Waals surface area (Å²) < 4.78 is 60.8. The number of rotatable bonds is 6. The molecule has 1 unspecified atom stereocenters. The highest BCUT2D eigenvalue weighted by molar-refractivity contribution is 7.88. The topological polar surface area (TPSA) is 101 Å². The molecule has 1 rings (SSSR count). The third-order valence-electron chi connectivity index (χ3n) is 2.78. The van der Waals surface area contributed by atoms with Crippen LogP contribution in [0.4, 0.5) is 18.9 Å². The van der Waals surface area contributed by atoms with Crippen LogP contribution in [0.1, 0.15) is 5.56 Å². The minimum absolute atomic E-state index is 0.180. The van der Waals surface area contributed by atoms with E-state index in [-0.39, 0.29) is 11.3 Å². The third-order valence-corrected chi connectivity index (χ3v) is 4.58. The van der Waals surface area contributed by atoms with Crippen LogP contribution in [0.5, 0.6) is 0 Å². The van der Waals surface area contributed by atoms with E-state index in [4.69, 9.17) is 5.11 Å². The SMILES string of the molecule is CN(CC(O)C(F)(F)F)S(=O)(=O)Cc1ccc([N+](=O)[O-])cc1. The van der Waals surface area contributed by atoms with Gasteiger partial charge in [-0.2, -0.15) is 13.2 Å². The number of alkyl halides is 3. The number of likely N-dealkylation sites (N-methyl/N-ethyl adjacent to an activating group) is 1. The third kappa shape index (κ3) is 4.93. The molecular formula is C11H13F3N2O5S. The van der Waals surface area contributed by atoms with Crippen molar-refractivity contribution in [2.45, 2.75) is 18.0 Å². The largest absolute Gasteiger partial charge is 0.415 e. The average molecular weight is 342 g/mol. The molecule has 1 aromatic rings. The van der Waals surface area contributed by atoms with Gasteiger partial charge in [0.1, 0.15) is 0 Å². The van der Waals surface area contributed by atoms with Crippen LogP contribution in [0.15, 0.2) is 24.3 Å². The van der Waals surface area contributed by atoms with Crippen LogP contribution in [0.25, 0.3) is 0 Å². The van der Waals surface area contributed by atoms with Crippen molar-refractivity contribution in [1.29, 1.82) is 0 Å². The molecule has 0 heterocycles. The van der Waals surface area contributed by atoms with Gasteiger partial charge in [0.25, 0.3) is 5.69 Å². The molecule has 0 aliphatic rings. The van der Waals surface area contributed by atoms with Crippen molar-refractivity contribution in [2.24, 2.45) is 0 Å². The van der Waals surface area contributed by atoms with Crippen molar-refractivity contribution in [2.75, 3.05) is 13.6 Å². The number of sulfonamides is 1. The zero-order valence-corrected chi connectivity index (χ0v) is 12.1. The Bertz CT molecular complexity index is 630. The van der Waals surface area contributed by atoms with Gasteiger partial charge in [-0.15, -0.1) is 0 Å². The normalized spacial score (nSPS) is 14.1. The number of non-ortho nitro benzene ring substituents is 1. The second kappa shape index (κ2) is 6.58. The van der Waals surface area contributed by atoms with E-state index in [2.05, 4.69) is 0 Å². The highest BCUT2D eigenvalue weighted by Crippen LogP contribution is 2.22. The van der Waals surface area contributed by atoms with Gasteiger partial charge in [0.05, 0.1) is 10.7 Å². The van der Waals surface area contributed by atoms with Crippen LogP contribution in [0, 0.1) is 10.1 Å². The molecule has 0 amide bonds. The smallest absolute Gasteiger partial charge is 0.382 e. The first-order valence-corrected chi connectivity index (χ1v) is 7.46. The van der Waals surface area contributed by atoms with Gasteiger partial charge < -0.3 is 5.11 Å². The van der Waals surface area contributed by atoms with Crippen molar-refractivity contribution in [3.63, 3.8) is 0 Å². The summed E-state index contributed by atoms with van der Waals surface area (Å²) in [5, 5.41) is 19.3. The molecule has 7 nitrogen and oxygen atoms in total. The van der Waals surface area contributed by atoms with Gasteiger partial charge >= 0.3 is 6.18 Å². The fourth-order valence-corrected chi connectivity index (χ4v) is 2.70. The number of hydrogen-bond acceptors (Lipinski definition) is 5. The first-order chi connectivity index (χ1) is 9.93. The Morgan fingerprint density at radius 2 is 1.82 bits per heavy atom. The highest BCUT2D eigenvalue weighted by Gasteiger charge is 2.40. The molecule has 124 valence electrons. The van der Waals surface area contributed by atoms with Crippen molar-refractivity contribution in [3.8, 4) is 0 Å². The molecule has 1 aromatic carbocycles. The van der Waals surface area contributed by atoms with Gasteiger partial charge in [-0.1, -0.05) is 12.1 Å². The summed E-state index contributed by atoms with van der Waals surface area (Å²) >= 11 is 0. The van der Waals surface area contributed by atoms with Crippen molar-refractivity contribution < 1.29 is 31.6 Å². The standard InChI is InChI=1S/C11H13F3N2O5S/c1-15(6-10(17)11(12,13)14)22(20,21)7-8-2-4-9(5-3-8)16(18)19/h2-5,10,17H,6-7H2,1H3. The number of nitro groups is 1. The first-order valence-electron chi connectivity index (χ1n) is 5.85. The van der Waals surface area contributed by atoms with E-state index >= 15 is 0 Å². The predicted molar refractivity (Wildman–Crippen MR) is 70.4 cm³/mol. The molecule has 0 bridgehead atoms. The lowest BCUT2D eigenvalue weighted by Gasteiger charge is -2.22. The lowest BCUT2D eigenvalue weighted by atomic mass is 10.2. The van der Waals surface area contributed by atoms with E-state index in [1.54, 1.807) is 0 Å². The van der Waals surface area contributed by atoms with Gasteiger partial charge in [-0.3, -0.25) is 10.1 Å². The number of nitrogens with zero attached hydrogens (tertiary/aromatic N) is 2. The molecule has 22 heavy (non-hydrogen) atoms. The molecule has 0 fully saturated rings. The molecule has 0 spiro atoms. The highest BCUT2D eigenvalue weighted by atomic mass is 32.2. The van der Waals surface area contributed by atoms with E-state index in [1.165, 1.54) is 12.1 Å². The summed E-state index contributed by atoms with van der Waals surface area (Å²) in [5.41, 5.74) is -0.0547. The number of aliphatic hydroxyl groups excluding tert-OH is 1. The monoisotopic (exact) mass is 342 g/mol. The molecule has 0 saturated heterocycles. The van der Waals surface area contributed by atoms with Crippen LogP contribution >= 0.6 is 0 Å². The molecule has 0 radical (unpaired) electrons. The summed E-state index contributed by atoms with van der Waals surface area (Å²) in [6.07, 6.45) is -7.71. The second-order valence-electron chi connectivity index (χ2n) is 4.52. The fourth-order valence-electron chi connectivity index (χ4n) is 1.50. The van der Waals surface area contributed by atoms with E-state index in [1.807, 2.05) is 0 Å². The van der Waals surface area contributed by atoms with Crippen molar-refractivity contribution in [1.82, 2.24) is 4.31 Å². The molecule has 1 N–H and O–H groups in total. The van der Waals surface area contributed by atoms with Crippen LogP contribution in [0.2, 0.25) is 0 Å². The number of halogens is 3. The van der Waals surface area contributed by atoms with Gasteiger partial charge in [-0.05, 0) is 5.56 Å². The zero-order valence-electron chi connectivity index (χ0n) is 11.3. The van der Waals surface area contributed by atoms with Crippen molar-refractivity contribution in [3.05, 3.63) is 39.9 Å². The molecule has 0 saturated carbocycles. The molecule has 1 atom stereocenters. The summed E-state index contributed by atoms with van der Waals surface area (Å²) in [7, 11) is -3.19. The Balaban J connectivity index is 2.80. The van der Waals surface area contributed by atoms with Gasteiger partial charge in [0, 0.05) is 25.7 Å². The minimum Gasteiger partial charge on any atom is -0.382 e. The maximum Gasteiger partial charge on any atom is 0.415 e. The Hall–Kier alpha value is -1.72. The Morgan fingerprint density at radius 3 is 2.23 bits per heavy atom. The maximum atomic E-state index is 12.2. The summed E-state index contributed by atoms with van der Waals surface area (Å²) in [5.74, 6) is -0.633. The second-order valence-corrected chi connectivity index (χ2v) is 6.59. The molecular weight excluding hydrogens is 329 g/mol. The lowest BCUT2D eigenvalue weighted by molar-refractivity contribution is -0.384. The van der Waals surface area contributed by atoms with Crippen LogP contribution < -0.4 is 0 Å². The van der Waals surface area contributed by atoms with Crippen LogP contribution in [-0.2, 0) is 15.8 Å². The van der Waals surface area contributed by atoms with Crippen molar-refractivity contribution >= 4 is 15.7 Å².